The van der Waals surface area contributed by atoms with Crippen LogP contribution < -0.4 is 4.74 Å². The van der Waals surface area contributed by atoms with Crippen molar-refractivity contribution in [3.8, 4) is 5.75 Å². The predicted octanol–water partition coefficient (Wildman–Crippen LogP) is 2.39. The summed E-state index contributed by atoms with van der Waals surface area (Å²) in [6.45, 7) is 6.10. The third kappa shape index (κ3) is 7.94. The lowest BCUT2D eigenvalue weighted by atomic mass is 9.98. The second kappa shape index (κ2) is 13.8. The van der Waals surface area contributed by atoms with E-state index in [1.165, 1.54) is 13.2 Å². The molecule has 1 fully saturated rings. The van der Waals surface area contributed by atoms with E-state index in [1.807, 2.05) is 0 Å². The zero-order chi connectivity index (χ0) is 29.4. The van der Waals surface area contributed by atoms with E-state index < -0.39 is 67.2 Å². The molecule has 13 heteroatoms. The smallest absolute Gasteiger partial charge is 0.306 e. The fourth-order valence-corrected chi connectivity index (χ4v) is 4.27. The highest BCUT2D eigenvalue weighted by molar-refractivity contribution is 5.86. The summed E-state index contributed by atoms with van der Waals surface area (Å²) in [7, 11) is 0. The molecular weight excluding hydrogens is 532 g/mol. The van der Waals surface area contributed by atoms with Crippen LogP contribution in [0.1, 0.15) is 46.6 Å². The Labute approximate surface area is 229 Å². The molecule has 0 bridgehead atoms. The second-order valence-corrected chi connectivity index (χ2v) is 8.88. The SMILES string of the molecule is CCOC(=O)CCc1ccc2occc2c1O[C@@H]1O[C@H](COC(C)=O)[C@@H](OC(C)=O)[C@H](OC(C)=O)[C@H]1OC(C)=O. The minimum atomic E-state index is -1.44. The number of carbonyl (C=O) groups excluding carboxylic acids is 5. The van der Waals surface area contributed by atoms with Crippen molar-refractivity contribution in [2.45, 2.75) is 78.2 Å². The Morgan fingerprint density at radius 2 is 1.45 bits per heavy atom. The van der Waals surface area contributed by atoms with Gasteiger partial charge in [0.05, 0.1) is 18.3 Å². The topological polar surface area (TPSA) is 163 Å². The van der Waals surface area contributed by atoms with E-state index in [9.17, 15) is 24.0 Å². The summed E-state index contributed by atoms with van der Waals surface area (Å²) in [5.41, 5.74) is 1.04. The molecule has 2 heterocycles. The van der Waals surface area contributed by atoms with Crippen molar-refractivity contribution >= 4 is 40.8 Å². The van der Waals surface area contributed by atoms with Crippen molar-refractivity contribution < 1.29 is 61.5 Å². The summed E-state index contributed by atoms with van der Waals surface area (Å²) >= 11 is 0. The Balaban J connectivity index is 2.06. The molecule has 218 valence electrons. The molecule has 13 nitrogen and oxygen atoms in total. The third-order valence-electron chi connectivity index (χ3n) is 5.75. The van der Waals surface area contributed by atoms with E-state index in [-0.39, 0.29) is 25.2 Å². The number of ether oxygens (including phenoxy) is 7. The largest absolute Gasteiger partial charge is 0.466 e. The lowest BCUT2D eigenvalue weighted by molar-refractivity contribution is -0.288. The van der Waals surface area contributed by atoms with Crippen LogP contribution in [-0.4, -0.2) is 73.8 Å². The minimum Gasteiger partial charge on any atom is -0.466 e. The van der Waals surface area contributed by atoms with E-state index in [0.29, 0.717) is 16.5 Å². The Kier molecular flexibility index (Phi) is 10.5. The molecule has 40 heavy (non-hydrogen) atoms. The van der Waals surface area contributed by atoms with E-state index in [1.54, 1.807) is 25.1 Å². The van der Waals surface area contributed by atoms with Gasteiger partial charge in [0.1, 0.15) is 24.0 Å². The molecule has 1 aromatic heterocycles. The lowest BCUT2D eigenvalue weighted by Gasteiger charge is -2.44. The molecule has 5 atom stereocenters. The molecule has 2 aromatic rings. The van der Waals surface area contributed by atoms with Crippen molar-refractivity contribution in [1.82, 2.24) is 0 Å². The van der Waals surface area contributed by atoms with Crippen molar-refractivity contribution in [3.05, 3.63) is 30.0 Å². The highest BCUT2D eigenvalue weighted by atomic mass is 16.7. The second-order valence-electron chi connectivity index (χ2n) is 8.88. The number of hydrogen-bond donors (Lipinski definition) is 0. The van der Waals surface area contributed by atoms with Gasteiger partial charge in [0.2, 0.25) is 12.4 Å². The molecule has 1 saturated heterocycles. The predicted molar refractivity (Wildman–Crippen MR) is 134 cm³/mol. The van der Waals surface area contributed by atoms with Gasteiger partial charge in [-0.1, -0.05) is 6.07 Å². The van der Waals surface area contributed by atoms with Crippen LogP contribution in [0.3, 0.4) is 0 Å². The highest BCUT2D eigenvalue weighted by Crippen LogP contribution is 2.36. The van der Waals surface area contributed by atoms with E-state index in [2.05, 4.69) is 0 Å². The standard InChI is InChI=1S/C27H32O13/c1-6-33-22(32)10-8-18-7-9-20-19(11-12-34-20)23(18)40-27-26(38-17(5)31)25(37-16(4)30)24(36-15(3)29)21(39-27)13-35-14(2)28/h7,9,11-12,21,24-27H,6,8,10,13H2,1-5H3/t21-,24-,25+,26-,27+/m1/s1. The normalized spacial score (nSPS) is 22.2. The average Bonchev–Trinajstić information content (AvgIpc) is 3.34. The molecule has 0 aliphatic carbocycles. The van der Waals surface area contributed by atoms with Crippen LogP contribution in [0.5, 0.6) is 5.75 Å². The number of hydrogen-bond acceptors (Lipinski definition) is 13. The van der Waals surface area contributed by atoms with Gasteiger partial charge in [-0.05, 0) is 31.0 Å². The summed E-state index contributed by atoms with van der Waals surface area (Å²) in [6, 6.07) is 5.05. The molecule has 0 amide bonds. The third-order valence-corrected chi connectivity index (χ3v) is 5.75. The van der Waals surface area contributed by atoms with E-state index in [4.69, 9.17) is 37.6 Å². The number of rotatable bonds is 11. The molecule has 1 aliphatic rings. The van der Waals surface area contributed by atoms with Crippen LogP contribution in [0.2, 0.25) is 0 Å². The van der Waals surface area contributed by atoms with Crippen LogP contribution in [0.4, 0.5) is 0 Å². The van der Waals surface area contributed by atoms with Gasteiger partial charge >= 0.3 is 29.8 Å². The van der Waals surface area contributed by atoms with Gasteiger partial charge in [-0.15, -0.1) is 0 Å². The maximum Gasteiger partial charge on any atom is 0.306 e. The van der Waals surface area contributed by atoms with Gasteiger partial charge in [0.25, 0.3) is 0 Å². The Bertz CT molecular complexity index is 1230. The summed E-state index contributed by atoms with van der Waals surface area (Å²) < 4.78 is 44.3. The number of carbonyl (C=O) groups is 5. The van der Waals surface area contributed by atoms with Crippen LogP contribution in [0.15, 0.2) is 28.9 Å². The quantitative estimate of drug-likeness (QED) is 0.289. The zero-order valence-electron chi connectivity index (χ0n) is 22.8. The Morgan fingerprint density at radius 3 is 2.08 bits per heavy atom. The Morgan fingerprint density at radius 1 is 0.800 bits per heavy atom. The number of aryl methyl sites for hydroxylation is 1. The number of benzene rings is 1. The van der Waals surface area contributed by atoms with Gasteiger partial charge in [0.15, 0.2) is 12.2 Å². The lowest BCUT2D eigenvalue weighted by Crippen LogP contribution is -2.63. The maximum absolute atomic E-state index is 12.1. The first-order chi connectivity index (χ1) is 19.0. The van der Waals surface area contributed by atoms with Crippen molar-refractivity contribution in [2.75, 3.05) is 13.2 Å². The number of furan rings is 1. The fraction of sp³-hybridized carbons (Fsp3) is 0.519. The van der Waals surface area contributed by atoms with Crippen LogP contribution >= 0.6 is 0 Å². The molecular formula is C27H32O13. The maximum atomic E-state index is 12.1. The first kappa shape index (κ1) is 30.4. The number of fused-ring (bicyclic) bond motifs is 1. The van der Waals surface area contributed by atoms with Gasteiger partial charge < -0.3 is 37.6 Å². The van der Waals surface area contributed by atoms with Gasteiger partial charge in [-0.2, -0.15) is 0 Å². The summed E-state index contributed by atoms with van der Waals surface area (Å²) in [4.78, 5) is 59.8. The van der Waals surface area contributed by atoms with E-state index >= 15 is 0 Å². The molecule has 0 spiro atoms. The summed E-state index contributed by atoms with van der Waals surface area (Å²) in [5, 5.41) is 0.522. The van der Waals surface area contributed by atoms with Gasteiger partial charge in [-0.3, -0.25) is 24.0 Å². The van der Waals surface area contributed by atoms with Crippen LogP contribution in [-0.2, 0) is 58.8 Å². The first-order valence-electron chi connectivity index (χ1n) is 12.6. The first-order valence-corrected chi connectivity index (χ1v) is 12.6. The molecule has 3 rings (SSSR count). The summed E-state index contributed by atoms with van der Waals surface area (Å²) in [6.07, 6.45) is -5.04. The number of esters is 5. The monoisotopic (exact) mass is 564 g/mol. The molecule has 0 saturated carbocycles. The molecule has 0 N–H and O–H groups in total. The van der Waals surface area contributed by atoms with Crippen molar-refractivity contribution in [2.24, 2.45) is 0 Å². The highest BCUT2D eigenvalue weighted by Gasteiger charge is 2.53. The summed E-state index contributed by atoms with van der Waals surface area (Å²) in [5.74, 6) is -3.08. The van der Waals surface area contributed by atoms with Crippen LogP contribution in [0, 0.1) is 0 Å². The van der Waals surface area contributed by atoms with Gasteiger partial charge in [0, 0.05) is 34.1 Å². The molecule has 1 aromatic carbocycles. The van der Waals surface area contributed by atoms with Gasteiger partial charge in [-0.25, -0.2) is 0 Å². The molecule has 0 radical (unpaired) electrons. The van der Waals surface area contributed by atoms with Crippen molar-refractivity contribution in [1.29, 1.82) is 0 Å². The van der Waals surface area contributed by atoms with Crippen LogP contribution in [0.25, 0.3) is 11.0 Å². The zero-order valence-corrected chi connectivity index (χ0v) is 22.8. The average molecular weight is 565 g/mol. The fourth-order valence-electron chi connectivity index (χ4n) is 4.27. The minimum absolute atomic E-state index is 0.0477. The van der Waals surface area contributed by atoms with Crippen molar-refractivity contribution in [3.63, 3.8) is 0 Å². The molecule has 1 aliphatic heterocycles. The molecule has 0 unspecified atom stereocenters. The van der Waals surface area contributed by atoms with E-state index in [0.717, 1.165) is 20.8 Å². The Hall–Kier alpha value is -4.13.